The van der Waals surface area contributed by atoms with E-state index < -0.39 is 11.7 Å². The van der Waals surface area contributed by atoms with Crippen LogP contribution in [0, 0.1) is 10.5 Å². The van der Waals surface area contributed by atoms with Gasteiger partial charge in [-0.2, -0.15) is 18.3 Å². The van der Waals surface area contributed by atoms with E-state index in [1.165, 1.54) is 18.2 Å². The zero-order valence-corrected chi connectivity index (χ0v) is 11.5. The van der Waals surface area contributed by atoms with E-state index in [1.54, 1.807) is 6.92 Å². The van der Waals surface area contributed by atoms with Gasteiger partial charge in [0.25, 0.3) is 0 Å². The highest BCUT2D eigenvalue weighted by molar-refractivity contribution is 14.1. The Labute approximate surface area is 115 Å². The largest absolute Gasteiger partial charge is 0.418 e. The van der Waals surface area contributed by atoms with Gasteiger partial charge < -0.3 is 5.73 Å². The third-order valence-corrected chi connectivity index (χ3v) is 3.79. The molecule has 2 rings (SSSR count). The van der Waals surface area contributed by atoms with Gasteiger partial charge in [-0.3, -0.25) is 0 Å². The van der Waals surface area contributed by atoms with E-state index in [0.29, 0.717) is 9.26 Å². The van der Waals surface area contributed by atoms with Gasteiger partial charge in [-0.15, -0.1) is 0 Å². The van der Waals surface area contributed by atoms with Crippen molar-refractivity contribution in [1.29, 1.82) is 0 Å². The Morgan fingerprint density at radius 1 is 1.28 bits per heavy atom. The minimum absolute atomic E-state index is 0.0616. The molecule has 1 heterocycles. The average Bonchev–Trinajstić information content (AvgIpc) is 2.56. The van der Waals surface area contributed by atoms with Crippen LogP contribution in [-0.2, 0) is 6.18 Å². The van der Waals surface area contributed by atoms with Gasteiger partial charge in [0.2, 0.25) is 0 Å². The van der Waals surface area contributed by atoms with Gasteiger partial charge in [0.05, 0.1) is 20.5 Å². The number of anilines is 1. The molecule has 3 nitrogen and oxygen atoms in total. The Hall–Kier alpha value is -1.25. The van der Waals surface area contributed by atoms with Crippen molar-refractivity contribution in [2.24, 2.45) is 0 Å². The van der Waals surface area contributed by atoms with Crippen LogP contribution in [0.15, 0.2) is 24.3 Å². The van der Waals surface area contributed by atoms with Crippen LogP contribution in [-0.4, -0.2) is 9.78 Å². The quantitative estimate of drug-likeness (QED) is 0.786. The Morgan fingerprint density at radius 2 is 1.89 bits per heavy atom. The molecule has 0 amide bonds. The fraction of sp³-hybridized carbons (Fsp3) is 0.182. The van der Waals surface area contributed by atoms with Gasteiger partial charge in [0.1, 0.15) is 5.82 Å². The van der Waals surface area contributed by atoms with Crippen LogP contribution in [0.1, 0.15) is 11.3 Å². The molecule has 0 spiro atoms. The van der Waals surface area contributed by atoms with E-state index in [2.05, 4.69) is 5.10 Å². The fourth-order valence-corrected chi connectivity index (χ4v) is 1.94. The molecule has 0 aliphatic rings. The van der Waals surface area contributed by atoms with Crippen LogP contribution in [0.2, 0.25) is 0 Å². The summed E-state index contributed by atoms with van der Waals surface area (Å²) < 4.78 is 40.4. The second kappa shape index (κ2) is 4.45. The molecule has 0 aliphatic heterocycles. The van der Waals surface area contributed by atoms with Crippen LogP contribution in [0.3, 0.4) is 0 Å². The highest BCUT2D eigenvalue weighted by atomic mass is 127. The first-order chi connectivity index (χ1) is 8.32. The molecule has 0 saturated heterocycles. The first-order valence-electron chi connectivity index (χ1n) is 4.99. The Balaban J connectivity index is 2.68. The summed E-state index contributed by atoms with van der Waals surface area (Å²) in [4.78, 5) is 0. The van der Waals surface area contributed by atoms with Gasteiger partial charge in [-0.1, -0.05) is 12.1 Å². The molecule has 18 heavy (non-hydrogen) atoms. The molecule has 2 aromatic rings. The van der Waals surface area contributed by atoms with Gasteiger partial charge in [0.15, 0.2) is 0 Å². The molecule has 0 radical (unpaired) electrons. The lowest BCUT2D eigenvalue weighted by Crippen LogP contribution is -2.12. The lowest BCUT2D eigenvalue weighted by Gasteiger charge is -2.13. The summed E-state index contributed by atoms with van der Waals surface area (Å²) >= 11 is 1.96. The van der Waals surface area contributed by atoms with E-state index in [9.17, 15) is 13.2 Å². The van der Waals surface area contributed by atoms with Crippen molar-refractivity contribution in [3.8, 4) is 5.69 Å². The molecule has 0 unspecified atom stereocenters. The smallest absolute Gasteiger partial charge is 0.383 e. The topological polar surface area (TPSA) is 43.8 Å². The van der Waals surface area contributed by atoms with Gasteiger partial charge >= 0.3 is 6.18 Å². The first kappa shape index (κ1) is 13.2. The molecule has 0 saturated carbocycles. The number of hydrogen-bond acceptors (Lipinski definition) is 2. The van der Waals surface area contributed by atoms with Gasteiger partial charge in [-0.05, 0) is 41.6 Å². The predicted molar refractivity (Wildman–Crippen MR) is 70.4 cm³/mol. The third kappa shape index (κ3) is 2.18. The summed E-state index contributed by atoms with van der Waals surface area (Å²) in [5.41, 5.74) is 5.56. The second-order valence-electron chi connectivity index (χ2n) is 3.71. The van der Waals surface area contributed by atoms with Crippen molar-refractivity contribution in [1.82, 2.24) is 9.78 Å². The highest BCUT2D eigenvalue weighted by Gasteiger charge is 2.34. The lowest BCUT2D eigenvalue weighted by molar-refractivity contribution is -0.137. The number of rotatable bonds is 1. The van der Waals surface area contributed by atoms with Crippen molar-refractivity contribution in [2.75, 3.05) is 5.73 Å². The maximum atomic E-state index is 12.9. The number of para-hydroxylation sites is 1. The van der Waals surface area contributed by atoms with Crippen molar-refractivity contribution >= 4 is 28.4 Å². The van der Waals surface area contributed by atoms with Crippen LogP contribution < -0.4 is 5.73 Å². The van der Waals surface area contributed by atoms with Gasteiger partial charge in [0, 0.05) is 0 Å². The lowest BCUT2D eigenvalue weighted by atomic mass is 10.1. The number of nitrogen functional groups attached to an aromatic ring is 1. The summed E-state index contributed by atoms with van der Waals surface area (Å²) in [6.07, 6.45) is -4.44. The highest BCUT2D eigenvalue weighted by Crippen LogP contribution is 2.35. The SMILES string of the molecule is Cc1nn(-c2ccccc2C(F)(F)F)c(N)c1I. The predicted octanol–water partition coefficient (Wildman–Crippen LogP) is 3.39. The number of hydrogen-bond donors (Lipinski definition) is 1. The fourth-order valence-electron chi connectivity index (χ4n) is 1.61. The number of aromatic nitrogens is 2. The summed E-state index contributed by atoms with van der Waals surface area (Å²) in [5, 5.41) is 4.04. The van der Waals surface area contributed by atoms with Crippen LogP contribution in [0.5, 0.6) is 0 Å². The van der Waals surface area contributed by atoms with E-state index in [1.807, 2.05) is 22.6 Å². The van der Waals surface area contributed by atoms with E-state index in [0.717, 1.165) is 10.7 Å². The molecule has 1 aromatic heterocycles. The summed E-state index contributed by atoms with van der Waals surface area (Å²) in [5.74, 6) is 0.213. The van der Waals surface area contributed by atoms with E-state index in [-0.39, 0.29) is 11.5 Å². The molecular weight excluding hydrogens is 358 g/mol. The normalized spacial score (nSPS) is 11.8. The molecule has 7 heteroatoms. The van der Waals surface area contributed by atoms with Crippen LogP contribution in [0.4, 0.5) is 19.0 Å². The zero-order chi connectivity index (χ0) is 13.5. The number of halogens is 4. The summed E-state index contributed by atoms with van der Waals surface area (Å²) in [6, 6.07) is 5.22. The molecule has 0 bridgehead atoms. The summed E-state index contributed by atoms with van der Waals surface area (Å²) in [6.45, 7) is 1.70. The molecular formula is C11H9F3IN3. The minimum Gasteiger partial charge on any atom is -0.383 e. The van der Waals surface area contributed by atoms with Crippen LogP contribution >= 0.6 is 22.6 Å². The maximum absolute atomic E-state index is 12.9. The number of alkyl halides is 3. The first-order valence-corrected chi connectivity index (χ1v) is 6.07. The summed E-state index contributed by atoms with van der Waals surface area (Å²) in [7, 11) is 0. The number of aryl methyl sites for hydroxylation is 1. The van der Waals surface area contributed by atoms with Crippen molar-refractivity contribution < 1.29 is 13.2 Å². The molecule has 96 valence electrons. The van der Waals surface area contributed by atoms with Gasteiger partial charge in [-0.25, -0.2) is 4.68 Å². The van der Waals surface area contributed by atoms with Crippen molar-refractivity contribution in [2.45, 2.75) is 13.1 Å². The van der Waals surface area contributed by atoms with Crippen LogP contribution in [0.25, 0.3) is 5.69 Å². The van der Waals surface area contributed by atoms with Crippen molar-refractivity contribution in [3.05, 3.63) is 39.1 Å². The Morgan fingerprint density at radius 3 is 2.39 bits per heavy atom. The van der Waals surface area contributed by atoms with E-state index >= 15 is 0 Å². The number of nitrogens with two attached hydrogens (primary N) is 1. The average molecular weight is 367 g/mol. The molecule has 2 N–H and O–H groups in total. The molecule has 0 fully saturated rings. The second-order valence-corrected chi connectivity index (χ2v) is 4.79. The Bertz CT molecular complexity index is 590. The van der Waals surface area contributed by atoms with Crippen molar-refractivity contribution in [3.63, 3.8) is 0 Å². The molecule has 0 aliphatic carbocycles. The minimum atomic E-state index is -4.44. The number of nitrogens with zero attached hydrogens (tertiary/aromatic N) is 2. The maximum Gasteiger partial charge on any atom is 0.418 e. The zero-order valence-electron chi connectivity index (χ0n) is 9.29. The third-order valence-electron chi connectivity index (χ3n) is 2.46. The molecule has 1 aromatic carbocycles. The number of benzene rings is 1. The molecule has 0 atom stereocenters. The monoisotopic (exact) mass is 367 g/mol. The standard InChI is InChI=1S/C11H9F3IN3/c1-6-9(15)10(16)18(17-6)8-5-3-2-4-7(8)11(12,13)14/h2-5H,16H2,1H3. The Kier molecular flexibility index (Phi) is 3.26. The van der Waals surface area contributed by atoms with E-state index in [4.69, 9.17) is 5.73 Å².